The molecule has 0 aliphatic carbocycles. The van der Waals surface area contributed by atoms with Crippen LogP contribution in [-0.2, 0) is 11.2 Å². The summed E-state index contributed by atoms with van der Waals surface area (Å²) < 4.78 is 10.8. The number of hydrogen-bond acceptors (Lipinski definition) is 4. The molecule has 1 aliphatic heterocycles. The quantitative estimate of drug-likeness (QED) is 0.805. The zero-order chi connectivity index (χ0) is 13.3. The summed E-state index contributed by atoms with van der Waals surface area (Å²) in [5.41, 5.74) is 1.36. The monoisotopic (exact) mass is 252 g/mol. The fourth-order valence-electron chi connectivity index (χ4n) is 2.44. The van der Waals surface area contributed by atoms with Gasteiger partial charge in [0.15, 0.2) is 0 Å². The SMILES string of the molecule is CCc1noc(C)c1C(=O)N1C[C@@H](C)O[C@@H](C)C1. The molecule has 0 N–H and O–H groups in total. The van der Waals surface area contributed by atoms with Gasteiger partial charge < -0.3 is 14.2 Å². The maximum Gasteiger partial charge on any atom is 0.259 e. The number of rotatable bonds is 2. The third-order valence-corrected chi connectivity index (χ3v) is 3.19. The van der Waals surface area contributed by atoms with Crippen molar-refractivity contribution in [2.24, 2.45) is 0 Å². The van der Waals surface area contributed by atoms with Gasteiger partial charge in [0.1, 0.15) is 11.3 Å². The molecule has 1 amide bonds. The maximum absolute atomic E-state index is 12.5. The average molecular weight is 252 g/mol. The van der Waals surface area contributed by atoms with E-state index in [9.17, 15) is 4.79 Å². The van der Waals surface area contributed by atoms with E-state index in [1.807, 2.05) is 25.7 Å². The smallest absolute Gasteiger partial charge is 0.259 e. The van der Waals surface area contributed by atoms with E-state index in [4.69, 9.17) is 9.26 Å². The third-order valence-electron chi connectivity index (χ3n) is 3.19. The molecule has 2 heterocycles. The second-order valence-corrected chi connectivity index (χ2v) is 4.88. The molecule has 1 aromatic heterocycles. The number of aryl methyl sites for hydroxylation is 2. The predicted molar refractivity (Wildman–Crippen MR) is 66.5 cm³/mol. The first-order chi connectivity index (χ1) is 8.52. The molecule has 1 aromatic rings. The maximum atomic E-state index is 12.5. The van der Waals surface area contributed by atoms with Crippen molar-refractivity contribution < 1.29 is 14.1 Å². The van der Waals surface area contributed by atoms with Crippen molar-refractivity contribution in [3.63, 3.8) is 0 Å². The molecule has 18 heavy (non-hydrogen) atoms. The molecule has 2 atom stereocenters. The molecule has 1 saturated heterocycles. The molecule has 100 valence electrons. The number of nitrogens with zero attached hydrogens (tertiary/aromatic N) is 2. The molecule has 0 radical (unpaired) electrons. The Morgan fingerprint density at radius 2 is 2.00 bits per heavy atom. The first-order valence-electron chi connectivity index (χ1n) is 6.42. The van der Waals surface area contributed by atoms with Crippen molar-refractivity contribution in [1.82, 2.24) is 10.1 Å². The van der Waals surface area contributed by atoms with Crippen LogP contribution in [0.15, 0.2) is 4.52 Å². The number of hydrogen-bond donors (Lipinski definition) is 0. The Labute approximate surface area is 107 Å². The highest BCUT2D eigenvalue weighted by molar-refractivity contribution is 5.96. The van der Waals surface area contributed by atoms with Gasteiger partial charge in [0.05, 0.1) is 17.9 Å². The lowest BCUT2D eigenvalue weighted by molar-refractivity contribution is -0.0586. The molecular formula is C13H20N2O3. The summed E-state index contributed by atoms with van der Waals surface area (Å²) in [6.07, 6.45) is 0.847. The van der Waals surface area contributed by atoms with Crippen LogP contribution < -0.4 is 0 Å². The van der Waals surface area contributed by atoms with Crippen LogP contribution in [0.4, 0.5) is 0 Å². The Morgan fingerprint density at radius 3 is 2.56 bits per heavy atom. The van der Waals surface area contributed by atoms with E-state index >= 15 is 0 Å². The molecule has 0 spiro atoms. The summed E-state index contributed by atoms with van der Waals surface area (Å²) in [4.78, 5) is 14.4. The normalized spacial score (nSPS) is 24.3. The summed E-state index contributed by atoms with van der Waals surface area (Å²) >= 11 is 0. The number of ether oxygens (including phenoxy) is 1. The molecule has 1 aliphatic rings. The van der Waals surface area contributed by atoms with Crippen molar-refractivity contribution in [2.75, 3.05) is 13.1 Å². The highest BCUT2D eigenvalue weighted by Gasteiger charge is 2.30. The van der Waals surface area contributed by atoms with Gasteiger partial charge in [-0.3, -0.25) is 4.79 Å². The fraction of sp³-hybridized carbons (Fsp3) is 0.692. The van der Waals surface area contributed by atoms with Crippen molar-refractivity contribution >= 4 is 5.91 Å². The molecular weight excluding hydrogens is 232 g/mol. The molecule has 0 aromatic carbocycles. The topological polar surface area (TPSA) is 55.6 Å². The van der Waals surface area contributed by atoms with Gasteiger partial charge in [-0.2, -0.15) is 0 Å². The van der Waals surface area contributed by atoms with E-state index in [0.29, 0.717) is 30.8 Å². The molecule has 0 saturated carbocycles. The zero-order valence-electron chi connectivity index (χ0n) is 11.4. The minimum atomic E-state index is 0.00704. The Hall–Kier alpha value is -1.36. The van der Waals surface area contributed by atoms with Crippen LogP contribution in [-0.4, -0.2) is 41.3 Å². The Balaban J connectivity index is 2.22. The molecule has 5 nitrogen and oxygen atoms in total. The van der Waals surface area contributed by atoms with Gasteiger partial charge in [0, 0.05) is 13.1 Å². The van der Waals surface area contributed by atoms with Gasteiger partial charge >= 0.3 is 0 Å². The van der Waals surface area contributed by atoms with Crippen molar-refractivity contribution in [1.29, 1.82) is 0 Å². The predicted octanol–water partition coefficient (Wildman–Crippen LogP) is 1.79. The van der Waals surface area contributed by atoms with Crippen LogP contribution >= 0.6 is 0 Å². The van der Waals surface area contributed by atoms with E-state index in [2.05, 4.69) is 5.16 Å². The minimum absolute atomic E-state index is 0.00704. The second kappa shape index (κ2) is 5.10. The van der Waals surface area contributed by atoms with E-state index in [-0.39, 0.29) is 18.1 Å². The lowest BCUT2D eigenvalue weighted by atomic mass is 10.1. The van der Waals surface area contributed by atoms with Crippen molar-refractivity contribution in [3.05, 3.63) is 17.0 Å². The van der Waals surface area contributed by atoms with Gasteiger partial charge in [-0.25, -0.2) is 0 Å². The standard InChI is InChI=1S/C13H20N2O3/c1-5-11-12(10(4)18-14-11)13(16)15-6-8(2)17-9(3)7-15/h8-9H,5-7H2,1-4H3/t8-,9+. The van der Waals surface area contributed by atoms with E-state index in [1.165, 1.54) is 0 Å². The highest BCUT2D eigenvalue weighted by atomic mass is 16.5. The van der Waals surface area contributed by atoms with Crippen LogP contribution in [0, 0.1) is 6.92 Å². The number of carbonyl (C=O) groups excluding carboxylic acids is 1. The number of morpholine rings is 1. The molecule has 5 heteroatoms. The summed E-state index contributed by atoms with van der Waals surface area (Å²) in [6, 6.07) is 0. The molecule has 0 bridgehead atoms. The lowest BCUT2D eigenvalue weighted by Crippen LogP contribution is -2.48. The van der Waals surface area contributed by atoms with E-state index < -0.39 is 0 Å². The van der Waals surface area contributed by atoms with Gasteiger partial charge in [-0.1, -0.05) is 12.1 Å². The van der Waals surface area contributed by atoms with Gasteiger partial charge in [0.2, 0.25) is 0 Å². The fourth-order valence-corrected chi connectivity index (χ4v) is 2.44. The van der Waals surface area contributed by atoms with Crippen LogP contribution in [0.3, 0.4) is 0 Å². The zero-order valence-corrected chi connectivity index (χ0v) is 11.4. The summed E-state index contributed by atoms with van der Waals surface area (Å²) in [5, 5.41) is 3.93. The van der Waals surface area contributed by atoms with E-state index in [1.54, 1.807) is 6.92 Å². The van der Waals surface area contributed by atoms with Gasteiger partial charge in [0.25, 0.3) is 5.91 Å². The van der Waals surface area contributed by atoms with Crippen molar-refractivity contribution in [2.45, 2.75) is 46.3 Å². The minimum Gasteiger partial charge on any atom is -0.372 e. The second-order valence-electron chi connectivity index (χ2n) is 4.88. The summed E-state index contributed by atoms with van der Waals surface area (Å²) in [6.45, 7) is 8.97. The molecule has 2 rings (SSSR count). The highest BCUT2D eigenvalue weighted by Crippen LogP contribution is 2.19. The Morgan fingerprint density at radius 1 is 1.39 bits per heavy atom. The van der Waals surface area contributed by atoms with Gasteiger partial charge in [-0.15, -0.1) is 0 Å². The first kappa shape index (κ1) is 13.1. The van der Waals surface area contributed by atoms with Gasteiger partial charge in [-0.05, 0) is 27.2 Å². The molecule has 0 unspecified atom stereocenters. The van der Waals surface area contributed by atoms with Crippen molar-refractivity contribution in [3.8, 4) is 0 Å². The third kappa shape index (κ3) is 2.41. The van der Waals surface area contributed by atoms with Crippen LogP contribution in [0.2, 0.25) is 0 Å². The lowest BCUT2D eigenvalue weighted by Gasteiger charge is -2.35. The first-order valence-corrected chi connectivity index (χ1v) is 6.42. The average Bonchev–Trinajstić information content (AvgIpc) is 2.68. The molecule has 1 fully saturated rings. The number of amides is 1. The largest absolute Gasteiger partial charge is 0.372 e. The number of aromatic nitrogens is 1. The van der Waals surface area contributed by atoms with Crippen LogP contribution in [0.5, 0.6) is 0 Å². The summed E-state index contributed by atoms with van der Waals surface area (Å²) in [7, 11) is 0. The Bertz CT molecular complexity index is 431. The Kier molecular flexibility index (Phi) is 3.71. The van der Waals surface area contributed by atoms with Crippen LogP contribution in [0.25, 0.3) is 0 Å². The van der Waals surface area contributed by atoms with E-state index in [0.717, 1.165) is 5.69 Å². The summed E-state index contributed by atoms with van der Waals surface area (Å²) in [5.74, 6) is 0.608. The van der Waals surface area contributed by atoms with Crippen LogP contribution in [0.1, 0.15) is 42.6 Å². The number of carbonyl (C=O) groups is 1.